The Kier molecular flexibility index (Phi) is 4.46. The monoisotopic (exact) mass is 274 g/mol. The SMILES string of the molecule is Cc1ccccc1CN(C)Cc1cc(N)cc(Cl)c1. The first-order chi connectivity index (χ1) is 9.04. The maximum absolute atomic E-state index is 6.02. The van der Waals surface area contributed by atoms with E-state index in [-0.39, 0.29) is 0 Å². The van der Waals surface area contributed by atoms with Crippen molar-refractivity contribution in [3.63, 3.8) is 0 Å². The topological polar surface area (TPSA) is 29.3 Å². The molecule has 0 spiro atoms. The normalized spacial score (nSPS) is 10.9. The molecule has 0 radical (unpaired) electrons. The summed E-state index contributed by atoms with van der Waals surface area (Å²) in [6.07, 6.45) is 0. The number of benzene rings is 2. The highest BCUT2D eigenvalue weighted by Gasteiger charge is 2.05. The number of nitrogen functional groups attached to an aromatic ring is 1. The Morgan fingerprint density at radius 3 is 2.53 bits per heavy atom. The molecule has 0 atom stereocenters. The van der Waals surface area contributed by atoms with Crippen molar-refractivity contribution in [1.29, 1.82) is 0 Å². The predicted octanol–water partition coefficient (Wildman–Crippen LogP) is 3.86. The number of nitrogens with zero attached hydrogens (tertiary/aromatic N) is 1. The number of hydrogen-bond donors (Lipinski definition) is 1. The number of rotatable bonds is 4. The van der Waals surface area contributed by atoms with Crippen LogP contribution in [0, 0.1) is 6.92 Å². The third-order valence-electron chi connectivity index (χ3n) is 3.13. The minimum Gasteiger partial charge on any atom is -0.399 e. The van der Waals surface area contributed by atoms with Gasteiger partial charge in [-0.2, -0.15) is 0 Å². The van der Waals surface area contributed by atoms with Crippen molar-refractivity contribution < 1.29 is 0 Å². The summed E-state index contributed by atoms with van der Waals surface area (Å²) in [7, 11) is 2.10. The van der Waals surface area contributed by atoms with Crippen LogP contribution in [0.15, 0.2) is 42.5 Å². The van der Waals surface area contributed by atoms with Gasteiger partial charge in [0, 0.05) is 23.8 Å². The molecule has 0 aliphatic rings. The Morgan fingerprint density at radius 1 is 1.11 bits per heavy atom. The van der Waals surface area contributed by atoms with E-state index in [0.717, 1.165) is 18.7 Å². The lowest BCUT2D eigenvalue weighted by Gasteiger charge is -2.18. The molecule has 0 bridgehead atoms. The van der Waals surface area contributed by atoms with Gasteiger partial charge in [-0.05, 0) is 48.9 Å². The van der Waals surface area contributed by atoms with Crippen molar-refractivity contribution in [3.05, 3.63) is 64.2 Å². The molecule has 0 saturated heterocycles. The molecule has 2 N–H and O–H groups in total. The molecule has 0 aromatic heterocycles. The number of anilines is 1. The zero-order valence-corrected chi connectivity index (χ0v) is 12.1. The van der Waals surface area contributed by atoms with Gasteiger partial charge in [0.2, 0.25) is 0 Å². The molecule has 2 rings (SSSR count). The highest BCUT2D eigenvalue weighted by molar-refractivity contribution is 6.30. The third-order valence-corrected chi connectivity index (χ3v) is 3.35. The first-order valence-electron chi connectivity index (χ1n) is 6.32. The molecule has 0 amide bonds. The highest BCUT2D eigenvalue weighted by Crippen LogP contribution is 2.18. The molecule has 2 nitrogen and oxygen atoms in total. The molecule has 2 aromatic carbocycles. The van der Waals surface area contributed by atoms with Crippen LogP contribution < -0.4 is 5.73 Å². The van der Waals surface area contributed by atoms with Crippen LogP contribution in [0.5, 0.6) is 0 Å². The fourth-order valence-corrected chi connectivity index (χ4v) is 2.48. The zero-order valence-electron chi connectivity index (χ0n) is 11.4. The van der Waals surface area contributed by atoms with Crippen molar-refractivity contribution in [1.82, 2.24) is 4.90 Å². The molecule has 0 heterocycles. The van der Waals surface area contributed by atoms with Crippen LogP contribution in [0.1, 0.15) is 16.7 Å². The van der Waals surface area contributed by atoms with E-state index in [0.29, 0.717) is 10.7 Å². The Bertz CT molecular complexity index is 546. The Labute approximate surface area is 119 Å². The van der Waals surface area contributed by atoms with Crippen LogP contribution in [0.2, 0.25) is 5.02 Å². The minimum atomic E-state index is 0.694. The second kappa shape index (κ2) is 6.09. The van der Waals surface area contributed by atoms with E-state index in [9.17, 15) is 0 Å². The van der Waals surface area contributed by atoms with Crippen molar-refractivity contribution in [2.45, 2.75) is 20.0 Å². The van der Waals surface area contributed by atoms with E-state index in [2.05, 4.69) is 43.1 Å². The smallest absolute Gasteiger partial charge is 0.0429 e. The summed E-state index contributed by atoms with van der Waals surface area (Å²) in [5, 5.41) is 0.694. The van der Waals surface area contributed by atoms with Gasteiger partial charge in [-0.25, -0.2) is 0 Å². The summed E-state index contributed by atoms with van der Waals surface area (Å²) in [6.45, 7) is 3.89. The van der Waals surface area contributed by atoms with Crippen LogP contribution >= 0.6 is 11.6 Å². The van der Waals surface area contributed by atoms with E-state index < -0.39 is 0 Å². The largest absolute Gasteiger partial charge is 0.399 e. The minimum absolute atomic E-state index is 0.694. The van der Waals surface area contributed by atoms with Gasteiger partial charge >= 0.3 is 0 Å². The van der Waals surface area contributed by atoms with Gasteiger partial charge in [0.15, 0.2) is 0 Å². The van der Waals surface area contributed by atoms with Crippen molar-refractivity contribution in [2.24, 2.45) is 0 Å². The van der Waals surface area contributed by atoms with Gasteiger partial charge in [0.25, 0.3) is 0 Å². The van der Waals surface area contributed by atoms with Gasteiger partial charge in [0.1, 0.15) is 0 Å². The average molecular weight is 275 g/mol. The number of halogens is 1. The average Bonchev–Trinajstić information content (AvgIpc) is 2.30. The Hall–Kier alpha value is -1.51. The van der Waals surface area contributed by atoms with Crippen molar-refractivity contribution in [3.8, 4) is 0 Å². The van der Waals surface area contributed by atoms with Gasteiger partial charge in [-0.15, -0.1) is 0 Å². The predicted molar refractivity (Wildman–Crippen MR) is 82.2 cm³/mol. The fourth-order valence-electron chi connectivity index (χ4n) is 2.21. The summed E-state index contributed by atoms with van der Waals surface area (Å²) in [5.74, 6) is 0. The van der Waals surface area contributed by atoms with Crippen LogP contribution in [-0.4, -0.2) is 11.9 Å². The van der Waals surface area contributed by atoms with Crippen molar-refractivity contribution >= 4 is 17.3 Å². The number of aryl methyl sites for hydroxylation is 1. The summed E-state index contributed by atoms with van der Waals surface area (Å²) in [5.41, 5.74) is 10.3. The maximum Gasteiger partial charge on any atom is 0.0429 e. The first kappa shape index (κ1) is 13.9. The molecule has 0 unspecified atom stereocenters. The highest BCUT2D eigenvalue weighted by atomic mass is 35.5. The zero-order chi connectivity index (χ0) is 13.8. The Balaban J connectivity index is 2.05. The van der Waals surface area contributed by atoms with E-state index in [1.807, 2.05) is 12.1 Å². The summed E-state index contributed by atoms with van der Waals surface area (Å²) in [6, 6.07) is 14.2. The number of nitrogens with two attached hydrogens (primary N) is 1. The van der Waals surface area contributed by atoms with E-state index in [4.69, 9.17) is 17.3 Å². The molecule has 0 aliphatic heterocycles. The van der Waals surface area contributed by atoms with Crippen LogP contribution in [-0.2, 0) is 13.1 Å². The standard InChI is InChI=1S/C16H19ClN2/c1-12-5-3-4-6-14(12)11-19(2)10-13-7-15(17)9-16(18)8-13/h3-9H,10-11,18H2,1-2H3. The van der Waals surface area contributed by atoms with E-state index in [1.54, 1.807) is 6.07 Å². The van der Waals surface area contributed by atoms with Gasteiger partial charge in [-0.3, -0.25) is 4.90 Å². The maximum atomic E-state index is 6.02. The van der Waals surface area contributed by atoms with Crippen LogP contribution in [0.4, 0.5) is 5.69 Å². The molecule has 0 saturated carbocycles. The Morgan fingerprint density at radius 2 is 1.84 bits per heavy atom. The van der Waals surface area contributed by atoms with Gasteiger partial charge in [0.05, 0.1) is 0 Å². The molecule has 2 aromatic rings. The quantitative estimate of drug-likeness (QED) is 0.858. The van der Waals surface area contributed by atoms with Crippen LogP contribution in [0.3, 0.4) is 0 Å². The van der Waals surface area contributed by atoms with Gasteiger partial charge < -0.3 is 5.73 Å². The summed E-state index contributed by atoms with van der Waals surface area (Å²) in [4.78, 5) is 2.26. The molecule has 100 valence electrons. The molecular formula is C16H19ClN2. The molecular weight excluding hydrogens is 256 g/mol. The first-order valence-corrected chi connectivity index (χ1v) is 6.70. The van der Waals surface area contributed by atoms with Crippen molar-refractivity contribution in [2.75, 3.05) is 12.8 Å². The van der Waals surface area contributed by atoms with E-state index in [1.165, 1.54) is 11.1 Å². The lowest BCUT2D eigenvalue weighted by Crippen LogP contribution is -2.17. The second-order valence-electron chi connectivity index (χ2n) is 4.99. The van der Waals surface area contributed by atoms with Gasteiger partial charge in [-0.1, -0.05) is 35.9 Å². The second-order valence-corrected chi connectivity index (χ2v) is 5.43. The molecule has 19 heavy (non-hydrogen) atoms. The molecule has 3 heteroatoms. The summed E-state index contributed by atoms with van der Waals surface area (Å²) >= 11 is 6.02. The lowest BCUT2D eigenvalue weighted by molar-refractivity contribution is 0.318. The fraction of sp³-hybridized carbons (Fsp3) is 0.250. The summed E-state index contributed by atoms with van der Waals surface area (Å²) < 4.78 is 0. The molecule has 0 aliphatic carbocycles. The van der Waals surface area contributed by atoms with Crippen LogP contribution in [0.25, 0.3) is 0 Å². The van der Waals surface area contributed by atoms with E-state index >= 15 is 0 Å². The lowest BCUT2D eigenvalue weighted by atomic mass is 10.1. The third kappa shape index (κ3) is 3.98. The molecule has 0 fully saturated rings. The number of hydrogen-bond acceptors (Lipinski definition) is 2.